The largest absolute Gasteiger partial charge is 0.497 e. The van der Waals surface area contributed by atoms with Gasteiger partial charge in [-0.3, -0.25) is 4.79 Å². The van der Waals surface area contributed by atoms with Gasteiger partial charge in [0, 0.05) is 34.3 Å². The van der Waals surface area contributed by atoms with Crippen LogP contribution in [0.15, 0.2) is 71.7 Å². The van der Waals surface area contributed by atoms with Crippen molar-refractivity contribution in [2.75, 3.05) is 14.2 Å². The molecule has 0 aliphatic carbocycles. The number of benzene rings is 3. The normalized spacial score (nSPS) is 16.7. The van der Waals surface area contributed by atoms with Gasteiger partial charge in [-0.1, -0.05) is 58.7 Å². The second-order valence-corrected chi connectivity index (χ2v) is 10.8. The molecule has 1 heterocycles. The molecule has 2 N–H and O–H groups in total. The summed E-state index contributed by atoms with van der Waals surface area (Å²) in [5, 5.41) is 14.4. The number of ketones is 1. The van der Waals surface area contributed by atoms with Gasteiger partial charge in [-0.25, -0.2) is 9.79 Å². The first-order chi connectivity index (χ1) is 18.7. The summed E-state index contributed by atoms with van der Waals surface area (Å²) < 4.78 is 10.9. The van der Waals surface area contributed by atoms with Crippen molar-refractivity contribution in [3.8, 4) is 11.5 Å². The van der Waals surface area contributed by atoms with Crippen molar-refractivity contribution < 1.29 is 24.2 Å². The maximum atomic E-state index is 12.9. The fraction of sp³-hybridized carbons (Fsp3) is 0.179. The number of carboxylic acids is 1. The number of nitrogens with zero attached hydrogens (tertiary/aromatic N) is 1. The summed E-state index contributed by atoms with van der Waals surface area (Å²) in [4.78, 5) is 29.5. The third-order valence-electron chi connectivity index (χ3n) is 5.87. The molecule has 0 spiro atoms. The molecule has 3 aromatic rings. The Morgan fingerprint density at radius 2 is 1.74 bits per heavy atom. The van der Waals surface area contributed by atoms with Gasteiger partial charge in [-0.15, -0.1) is 0 Å². The zero-order valence-corrected chi connectivity index (χ0v) is 23.9. The van der Waals surface area contributed by atoms with Gasteiger partial charge in [-0.2, -0.15) is 0 Å². The van der Waals surface area contributed by atoms with Gasteiger partial charge in [0.2, 0.25) is 0 Å². The molecule has 0 saturated heterocycles. The second-order valence-electron chi connectivity index (χ2n) is 8.41. The highest BCUT2D eigenvalue weighted by Gasteiger charge is 2.27. The minimum Gasteiger partial charge on any atom is -0.497 e. The summed E-state index contributed by atoms with van der Waals surface area (Å²) >= 11 is 19.4. The monoisotopic (exact) mass is 604 g/mol. The Morgan fingerprint density at radius 3 is 2.38 bits per heavy atom. The van der Waals surface area contributed by atoms with Crippen LogP contribution >= 0.6 is 46.6 Å². The van der Waals surface area contributed by atoms with E-state index in [-0.39, 0.29) is 22.3 Å². The van der Waals surface area contributed by atoms with Crippen LogP contribution in [0.5, 0.6) is 11.5 Å². The van der Waals surface area contributed by atoms with Crippen LogP contribution in [0.2, 0.25) is 15.1 Å². The highest BCUT2D eigenvalue weighted by atomic mass is 35.5. The quantitative estimate of drug-likeness (QED) is 0.250. The molecule has 0 bridgehead atoms. The zero-order valence-electron chi connectivity index (χ0n) is 20.8. The molecule has 39 heavy (non-hydrogen) atoms. The van der Waals surface area contributed by atoms with E-state index in [2.05, 4.69) is 10.3 Å². The fourth-order valence-corrected chi connectivity index (χ4v) is 5.36. The SMILES string of the molecule is COc1ccc(C2=CC(c3ccc(Cl)cc3)SC(=NC(CC(=O)c3ccc(Cl)c(Cl)c3)C(=O)O)N2)c(OC)c1. The lowest BCUT2D eigenvalue weighted by Gasteiger charge is -2.26. The van der Waals surface area contributed by atoms with Crippen molar-refractivity contribution >= 4 is 69.2 Å². The molecule has 0 fully saturated rings. The summed E-state index contributed by atoms with van der Waals surface area (Å²) in [6, 6.07) is 15.8. The molecule has 202 valence electrons. The lowest BCUT2D eigenvalue weighted by molar-refractivity contribution is -0.138. The summed E-state index contributed by atoms with van der Waals surface area (Å²) in [5.74, 6) is -0.484. The van der Waals surface area contributed by atoms with Crippen molar-refractivity contribution in [1.82, 2.24) is 5.32 Å². The number of hydrogen-bond acceptors (Lipinski definition) is 6. The molecule has 0 radical (unpaired) electrons. The number of carboxylic acid groups (broad SMARTS) is 1. The molecular formula is C28H23Cl3N2O5S. The molecule has 7 nitrogen and oxygen atoms in total. The Kier molecular flexibility index (Phi) is 9.45. The highest BCUT2D eigenvalue weighted by molar-refractivity contribution is 8.14. The number of thioether (sulfide) groups is 1. The maximum Gasteiger partial charge on any atom is 0.329 e. The molecule has 11 heteroatoms. The lowest BCUT2D eigenvalue weighted by Crippen LogP contribution is -2.30. The van der Waals surface area contributed by atoms with Crippen LogP contribution < -0.4 is 14.8 Å². The molecule has 0 saturated carbocycles. The van der Waals surface area contributed by atoms with Crippen LogP contribution in [0.4, 0.5) is 0 Å². The van der Waals surface area contributed by atoms with Crippen LogP contribution in [0.1, 0.15) is 33.2 Å². The molecular weight excluding hydrogens is 583 g/mol. The number of aliphatic carboxylic acids is 1. The maximum absolute atomic E-state index is 12.9. The van der Waals surface area contributed by atoms with E-state index in [0.717, 1.165) is 11.1 Å². The minimum atomic E-state index is -1.34. The lowest BCUT2D eigenvalue weighted by atomic mass is 10.0. The van der Waals surface area contributed by atoms with Crippen molar-refractivity contribution in [3.05, 3.63) is 98.5 Å². The van der Waals surface area contributed by atoms with Crippen LogP contribution in [0.25, 0.3) is 5.70 Å². The first-order valence-electron chi connectivity index (χ1n) is 11.6. The minimum absolute atomic E-state index is 0.208. The zero-order chi connectivity index (χ0) is 28.1. The Hall–Kier alpha value is -3.17. The predicted molar refractivity (Wildman–Crippen MR) is 157 cm³/mol. The first-order valence-corrected chi connectivity index (χ1v) is 13.6. The van der Waals surface area contributed by atoms with Gasteiger partial charge in [0.25, 0.3) is 0 Å². The molecule has 0 aromatic heterocycles. The molecule has 4 rings (SSSR count). The molecule has 1 aliphatic rings. The Labute approximate surface area is 244 Å². The van der Waals surface area contributed by atoms with E-state index in [4.69, 9.17) is 44.3 Å². The predicted octanol–water partition coefficient (Wildman–Crippen LogP) is 7.16. The van der Waals surface area contributed by atoms with Gasteiger partial charge in [0.05, 0.1) is 29.5 Å². The van der Waals surface area contributed by atoms with Gasteiger partial charge in [0.1, 0.15) is 11.5 Å². The van der Waals surface area contributed by atoms with Crippen molar-refractivity contribution in [1.29, 1.82) is 0 Å². The molecule has 2 atom stereocenters. The van der Waals surface area contributed by atoms with E-state index in [1.807, 2.05) is 24.3 Å². The number of carbonyl (C=O) groups excluding carboxylic acids is 1. The Bertz CT molecular complexity index is 1460. The third kappa shape index (κ3) is 7.08. The number of hydrogen-bond donors (Lipinski definition) is 2. The number of aliphatic imine (C=N–C) groups is 1. The van der Waals surface area contributed by atoms with Gasteiger partial charge >= 0.3 is 5.97 Å². The summed E-state index contributed by atoms with van der Waals surface area (Å²) in [5.41, 5.74) is 2.57. The van der Waals surface area contributed by atoms with Crippen molar-refractivity contribution in [3.63, 3.8) is 0 Å². The van der Waals surface area contributed by atoms with Gasteiger partial charge in [0.15, 0.2) is 17.0 Å². The van der Waals surface area contributed by atoms with Crippen molar-refractivity contribution in [2.24, 2.45) is 4.99 Å². The summed E-state index contributed by atoms with van der Waals surface area (Å²) in [7, 11) is 3.12. The smallest absolute Gasteiger partial charge is 0.329 e. The van der Waals surface area contributed by atoms with Crippen LogP contribution in [0.3, 0.4) is 0 Å². The van der Waals surface area contributed by atoms with Gasteiger partial charge in [-0.05, 0) is 54.1 Å². The number of nitrogens with one attached hydrogen (secondary N) is 1. The topological polar surface area (TPSA) is 97.2 Å². The van der Waals surface area contributed by atoms with Crippen LogP contribution in [-0.4, -0.2) is 42.3 Å². The summed E-state index contributed by atoms with van der Waals surface area (Å²) in [6.45, 7) is 0. The fourth-order valence-electron chi connectivity index (χ4n) is 3.84. The number of rotatable bonds is 9. The third-order valence-corrected chi connectivity index (χ3v) is 7.96. The molecule has 2 unspecified atom stereocenters. The van der Waals surface area contributed by atoms with Gasteiger partial charge < -0.3 is 19.9 Å². The first kappa shape index (κ1) is 28.8. The summed E-state index contributed by atoms with van der Waals surface area (Å²) in [6.07, 6.45) is 1.63. The van der Waals surface area contributed by atoms with E-state index < -0.39 is 17.8 Å². The average molecular weight is 606 g/mol. The number of Topliss-reactive ketones (excluding diaryl/α,β-unsaturated/α-hetero) is 1. The van der Waals surface area contributed by atoms with E-state index in [1.54, 1.807) is 38.5 Å². The Balaban J connectivity index is 1.70. The number of methoxy groups -OCH3 is 2. The number of halogens is 3. The van der Waals surface area contributed by atoms with E-state index in [1.165, 1.54) is 30.0 Å². The number of carbonyl (C=O) groups is 2. The van der Waals surface area contributed by atoms with Crippen LogP contribution in [-0.2, 0) is 4.79 Å². The van der Waals surface area contributed by atoms with E-state index >= 15 is 0 Å². The number of ether oxygens (including phenoxy) is 2. The molecule has 1 aliphatic heterocycles. The van der Waals surface area contributed by atoms with Crippen LogP contribution in [0, 0.1) is 0 Å². The van der Waals surface area contributed by atoms with Crippen molar-refractivity contribution in [2.45, 2.75) is 17.7 Å². The van der Waals surface area contributed by atoms with E-state index in [0.29, 0.717) is 32.4 Å². The Morgan fingerprint density at radius 1 is 1.00 bits per heavy atom. The second kappa shape index (κ2) is 12.8. The van der Waals surface area contributed by atoms with E-state index in [9.17, 15) is 14.7 Å². The standard InChI is InChI=1S/C28H23Cl3N2O5S/c1-37-18-8-9-19(25(12-18)38-2)22-14-26(15-3-6-17(29)7-4-15)39-28(32-22)33-23(27(35)36)13-24(34)16-5-10-20(30)21(31)11-16/h3-12,14,23,26H,13H2,1-2H3,(H,32,33)(H,35,36). The average Bonchev–Trinajstić information content (AvgIpc) is 2.93. The highest BCUT2D eigenvalue weighted by Crippen LogP contribution is 2.40. The molecule has 3 aromatic carbocycles. The number of amidine groups is 1. The molecule has 0 amide bonds.